The van der Waals surface area contributed by atoms with Crippen LogP contribution in [0.15, 0.2) is 35.5 Å². The average molecular weight is 235 g/mol. The van der Waals surface area contributed by atoms with E-state index >= 15 is 0 Å². The van der Waals surface area contributed by atoms with Crippen LogP contribution in [-0.4, -0.2) is 18.0 Å². The summed E-state index contributed by atoms with van der Waals surface area (Å²) in [6.45, 7) is 1.89. The second-order valence-electron chi connectivity index (χ2n) is 3.23. The van der Waals surface area contributed by atoms with Gasteiger partial charge < -0.3 is 5.32 Å². The number of amides is 1. The first-order valence-electron chi connectivity index (χ1n) is 4.96. The number of nitrogens with one attached hydrogen (secondary N) is 2. The third kappa shape index (κ3) is 1.87. The smallest absolute Gasteiger partial charge is 0.268 e. The Morgan fingerprint density at radius 2 is 2.38 bits per heavy atom. The quantitative estimate of drug-likeness (QED) is 0.817. The Hall–Kier alpha value is -1.59. The van der Waals surface area contributed by atoms with Crippen LogP contribution in [0.4, 0.5) is 0 Å². The molecule has 2 N–H and O–H groups in total. The number of carbonyl (C=O) groups is 1. The van der Waals surface area contributed by atoms with Crippen LogP contribution >= 0.6 is 11.3 Å². The molecule has 0 spiro atoms. The molecular weight excluding hydrogens is 222 g/mol. The van der Waals surface area contributed by atoms with Crippen molar-refractivity contribution in [2.75, 3.05) is 7.05 Å². The summed E-state index contributed by atoms with van der Waals surface area (Å²) in [5.41, 5.74) is 3.68. The Balaban J connectivity index is 2.35. The van der Waals surface area contributed by atoms with Gasteiger partial charge in [0.25, 0.3) is 5.91 Å². The van der Waals surface area contributed by atoms with Crippen molar-refractivity contribution in [3.8, 4) is 0 Å². The van der Waals surface area contributed by atoms with Crippen molar-refractivity contribution >= 4 is 22.9 Å². The fraction of sp³-hybridized carbons (Fsp3) is 0.182. The first-order valence-corrected chi connectivity index (χ1v) is 5.84. The molecule has 0 radical (unpaired) electrons. The van der Waals surface area contributed by atoms with Crippen LogP contribution in [-0.2, 0) is 4.79 Å². The molecular formula is C11H13N3OS. The minimum Gasteiger partial charge on any atom is -0.339 e. The maximum absolute atomic E-state index is 11.8. The zero-order valence-electron chi connectivity index (χ0n) is 9.15. The van der Waals surface area contributed by atoms with E-state index in [1.807, 2.05) is 30.5 Å². The Morgan fingerprint density at radius 1 is 1.56 bits per heavy atom. The molecule has 0 fully saturated rings. The molecule has 0 unspecified atom stereocenters. The van der Waals surface area contributed by atoms with Gasteiger partial charge in [0.15, 0.2) is 0 Å². The molecule has 1 aromatic rings. The van der Waals surface area contributed by atoms with Crippen LogP contribution in [0.2, 0.25) is 0 Å². The lowest BCUT2D eigenvalue weighted by Crippen LogP contribution is -2.46. The first-order chi connectivity index (χ1) is 7.76. The minimum absolute atomic E-state index is 0.0715. The number of carbonyl (C=O) groups excluding carboxylic acids is 1. The average Bonchev–Trinajstić information content (AvgIpc) is 2.81. The first kappa shape index (κ1) is 10.9. The predicted molar refractivity (Wildman–Crippen MR) is 65.1 cm³/mol. The lowest BCUT2D eigenvalue weighted by Gasteiger charge is -2.28. The summed E-state index contributed by atoms with van der Waals surface area (Å²) in [5, 5.41) is 6.67. The number of allylic oxidation sites excluding steroid dienone is 1. The van der Waals surface area contributed by atoms with Crippen molar-refractivity contribution in [1.82, 2.24) is 15.8 Å². The zero-order valence-corrected chi connectivity index (χ0v) is 9.97. The Bertz CT molecular complexity index is 448. The number of hydrogen-bond donors (Lipinski definition) is 2. The maximum atomic E-state index is 11.8. The van der Waals surface area contributed by atoms with Crippen molar-refractivity contribution in [2.24, 2.45) is 0 Å². The Morgan fingerprint density at radius 3 is 2.94 bits per heavy atom. The van der Waals surface area contributed by atoms with Gasteiger partial charge in [-0.2, -0.15) is 0 Å². The molecule has 0 saturated carbocycles. The van der Waals surface area contributed by atoms with E-state index in [0.717, 1.165) is 16.4 Å². The van der Waals surface area contributed by atoms with E-state index in [4.69, 9.17) is 0 Å². The summed E-state index contributed by atoms with van der Waals surface area (Å²) in [5.74, 6) is 0.677. The van der Waals surface area contributed by atoms with Gasteiger partial charge in [-0.1, -0.05) is 6.07 Å². The van der Waals surface area contributed by atoms with Crippen LogP contribution in [0.1, 0.15) is 11.8 Å². The second kappa shape index (κ2) is 4.51. The number of thiophene rings is 1. The molecule has 1 aliphatic heterocycles. The topological polar surface area (TPSA) is 44.4 Å². The fourth-order valence-corrected chi connectivity index (χ4v) is 2.23. The van der Waals surface area contributed by atoms with Crippen molar-refractivity contribution in [2.45, 2.75) is 6.92 Å². The van der Waals surface area contributed by atoms with E-state index in [1.54, 1.807) is 24.5 Å². The number of nitrogens with zero attached hydrogens (tertiary/aromatic N) is 1. The zero-order chi connectivity index (χ0) is 11.5. The predicted octanol–water partition coefficient (Wildman–Crippen LogP) is 1.52. The van der Waals surface area contributed by atoms with Crippen LogP contribution < -0.4 is 10.7 Å². The second-order valence-corrected chi connectivity index (χ2v) is 4.18. The van der Waals surface area contributed by atoms with E-state index < -0.39 is 0 Å². The van der Waals surface area contributed by atoms with Gasteiger partial charge in [0.1, 0.15) is 5.82 Å². The lowest BCUT2D eigenvalue weighted by molar-refractivity contribution is -0.127. The molecule has 0 saturated heterocycles. The highest BCUT2D eigenvalue weighted by atomic mass is 32.1. The fourth-order valence-electron chi connectivity index (χ4n) is 1.53. The molecule has 0 atom stereocenters. The third-order valence-electron chi connectivity index (χ3n) is 2.28. The van der Waals surface area contributed by atoms with Gasteiger partial charge in [0, 0.05) is 13.1 Å². The number of hydrazine groups is 1. The van der Waals surface area contributed by atoms with Crippen molar-refractivity contribution in [3.05, 3.63) is 40.4 Å². The highest BCUT2D eigenvalue weighted by molar-refractivity contribution is 7.11. The minimum atomic E-state index is -0.0715. The molecule has 4 nitrogen and oxygen atoms in total. The van der Waals surface area contributed by atoms with E-state index in [-0.39, 0.29) is 5.91 Å². The van der Waals surface area contributed by atoms with Crippen LogP contribution in [0.25, 0.3) is 5.70 Å². The van der Waals surface area contributed by atoms with E-state index in [0.29, 0.717) is 0 Å². The number of hydrogen-bond acceptors (Lipinski definition) is 4. The highest BCUT2D eigenvalue weighted by Crippen LogP contribution is 2.22. The molecule has 16 heavy (non-hydrogen) atoms. The van der Waals surface area contributed by atoms with Gasteiger partial charge in [-0.15, -0.1) is 11.3 Å². The van der Waals surface area contributed by atoms with Gasteiger partial charge in [-0.25, -0.2) is 10.4 Å². The Labute approximate surface area is 98.2 Å². The van der Waals surface area contributed by atoms with Crippen molar-refractivity contribution in [1.29, 1.82) is 0 Å². The highest BCUT2D eigenvalue weighted by Gasteiger charge is 2.22. The number of rotatable bonds is 2. The lowest BCUT2D eigenvalue weighted by atomic mass is 10.2. The monoisotopic (exact) mass is 235 g/mol. The molecule has 0 aromatic carbocycles. The molecule has 2 heterocycles. The van der Waals surface area contributed by atoms with Crippen molar-refractivity contribution < 1.29 is 4.79 Å². The van der Waals surface area contributed by atoms with Crippen LogP contribution in [0.5, 0.6) is 0 Å². The summed E-state index contributed by atoms with van der Waals surface area (Å²) >= 11 is 1.60. The third-order valence-corrected chi connectivity index (χ3v) is 3.18. The molecule has 0 bridgehead atoms. The van der Waals surface area contributed by atoms with Crippen LogP contribution in [0.3, 0.4) is 0 Å². The molecule has 2 rings (SSSR count). The van der Waals surface area contributed by atoms with Gasteiger partial charge in [0.05, 0.1) is 10.6 Å². The molecule has 1 aromatic heterocycles. The largest absolute Gasteiger partial charge is 0.339 e. The van der Waals surface area contributed by atoms with E-state index in [1.165, 1.54) is 5.01 Å². The molecule has 1 aliphatic rings. The van der Waals surface area contributed by atoms with E-state index in [2.05, 4.69) is 10.7 Å². The Kier molecular flexibility index (Phi) is 3.07. The van der Waals surface area contributed by atoms with Gasteiger partial charge in [-0.05, 0) is 24.4 Å². The molecule has 0 aliphatic carbocycles. The van der Waals surface area contributed by atoms with Gasteiger partial charge >= 0.3 is 0 Å². The normalized spacial score (nSPS) is 18.6. The summed E-state index contributed by atoms with van der Waals surface area (Å²) in [6, 6.07) is 3.95. The summed E-state index contributed by atoms with van der Waals surface area (Å²) < 4.78 is 0. The van der Waals surface area contributed by atoms with Gasteiger partial charge in [-0.3, -0.25) is 4.79 Å². The molecule has 5 heteroatoms. The van der Waals surface area contributed by atoms with E-state index in [9.17, 15) is 4.79 Å². The SMILES string of the molecule is C/C=C1/NC(c2cccs2)=CC(=O)N1NC. The summed E-state index contributed by atoms with van der Waals surface area (Å²) in [6.07, 6.45) is 3.45. The van der Waals surface area contributed by atoms with Crippen molar-refractivity contribution in [3.63, 3.8) is 0 Å². The molecule has 84 valence electrons. The summed E-state index contributed by atoms with van der Waals surface area (Å²) in [4.78, 5) is 12.9. The van der Waals surface area contributed by atoms with Gasteiger partial charge in [0.2, 0.25) is 0 Å². The summed E-state index contributed by atoms with van der Waals surface area (Å²) in [7, 11) is 1.72. The maximum Gasteiger partial charge on any atom is 0.268 e. The van der Waals surface area contributed by atoms with Crippen LogP contribution in [0, 0.1) is 0 Å². The standard InChI is InChI=1S/C11H13N3OS/c1-3-10-13-8(9-5-4-6-16-9)7-11(15)14(10)12-2/h3-7,12-13H,1-2H3/b10-3-. The molecule has 1 amide bonds.